The third-order valence-corrected chi connectivity index (χ3v) is 4.06. The van der Waals surface area contributed by atoms with Crippen molar-refractivity contribution in [3.8, 4) is 11.3 Å². The molecule has 0 aliphatic carbocycles. The number of carbonyl (C=O) groups is 1. The SMILES string of the molecule is O=C(/C=C/c1cc(Cl)ccc1Cl)Nc1cccc(-c2ccc(=O)[nH]n2)c1. The Bertz CT molecular complexity index is 1020. The molecule has 0 aliphatic heterocycles. The van der Waals surface area contributed by atoms with Crippen LogP contribution in [-0.4, -0.2) is 16.1 Å². The van der Waals surface area contributed by atoms with Crippen molar-refractivity contribution in [3.63, 3.8) is 0 Å². The second kappa shape index (κ2) is 7.99. The van der Waals surface area contributed by atoms with Crippen LogP contribution in [0.25, 0.3) is 17.3 Å². The highest BCUT2D eigenvalue weighted by Gasteiger charge is 2.04. The average molecular weight is 386 g/mol. The van der Waals surface area contributed by atoms with Gasteiger partial charge in [0.1, 0.15) is 0 Å². The lowest BCUT2D eigenvalue weighted by atomic mass is 10.1. The summed E-state index contributed by atoms with van der Waals surface area (Å²) in [7, 11) is 0. The van der Waals surface area contributed by atoms with Crippen molar-refractivity contribution < 1.29 is 4.79 Å². The molecule has 26 heavy (non-hydrogen) atoms. The maximum Gasteiger partial charge on any atom is 0.264 e. The molecule has 0 radical (unpaired) electrons. The van der Waals surface area contributed by atoms with Crippen LogP contribution in [0.15, 0.2) is 65.5 Å². The van der Waals surface area contributed by atoms with E-state index in [1.54, 1.807) is 48.5 Å². The third kappa shape index (κ3) is 4.59. The molecule has 0 aliphatic rings. The van der Waals surface area contributed by atoms with Crippen molar-refractivity contribution in [2.24, 2.45) is 0 Å². The number of halogens is 2. The molecule has 5 nitrogen and oxygen atoms in total. The molecule has 130 valence electrons. The minimum atomic E-state index is -0.312. The van der Waals surface area contributed by atoms with Gasteiger partial charge in [-0.1, -0.05) is 35.3 Å². The van der Waals surface area contributed by atoms with Gasteiger partial charge in [0.15, 0.2) is 0 Å². The van der Waals surface area contributed by atoms with Crippen LogP contribution in [0.1, 0.15) is 5.56 Å². The van der Waals surface area contributed by atoms with Crippen LogP contribution in [0.3, 0.4) is 0 Å². The molecule has 1 amide bonds. The van der Waals surface area contributed by atoms with Crippen molar-refractivity contribution in [2.75, 3.05) is 5.32 Å². The zero-order valence-electron chi connectivity index (χ0n) is 13.4. The van der Waals surface area contributed by atoms with Gasteiger partial charge in [0.05, 0.1) is 5.69 Å². The smallest absolute Gasteiger partial charge is 0.264 e. The summed E-state index contributed by atoms with van der Waals surface area (Å²) in [5, 5.41) is 10.2. The quantitative estimate of drug-likeness (QED) is 0.653. The maximum absolute atomic E-state index is 12.1. The normalized spacial score (nSPS) is 10.8. The highest BCUT2D eigenvalue weighted by atomic mass is 35.5. The molecule has 0 saturated heterocycles. The molecule has 1 heterocycles. The first-order valence-corrected chi connectivity index (χ1v) is 8.37. The van der Waals surface area contributed by atoms with E-state index in [1.807, 2.05) is 6.07 Å². The third-order valence-electron chi connectivity index (χ3n) is 3.48. The number of aromatic nitrogens is 2. The Hall–Kier alpha value is -2.89. The number of amides is 1. The standard InChI is InChI=1S/C19H13Cl2N3O2/c20-14-5-6-16(21)12(10-14)4-8-18(25)22-15-3-1-2-13(11-15)17-7-9-19(26)24-23-17/h1-11H,(H,22,25)(H,24,26)/b8-4+. The Kier molecular flexibility index (Phi) is 5.51. The molecule has 0 saturated carbocycles. The minimum absolute atomic E-state index is 0.275. The zero-order chi connectivity index (χ0) is 18.5. The zero-order valence-corrected chi connectivity index (χ0v) is 14.9. The van der Waals surface area contributed by atoms with Gasteiger partial charge in [-0.15, -0.1) is 0 Å². The number of carbonyl (C=O) groups excluding carboxylic acids is 1. The molecule has 3 rings (SSSR count). The summed E-state index contributed by atoms with van der Waals surface area (Å²) < 4.78 is 0. The van der Waals surface area contributed by atoms with Crippen LogP contribution < -0.4 is 10.9 Å². The summed E-state index contributed by atoms with van der Waals surface area (Å²) in [5.74, 6) is -0.312. The number of anilines is 1. The van der Waals surface area contributed by atoms with E-state index >= 15 is 0 Å². The number of rotatable bonds is 4. The lowest BCUT2D eigenvalue weighted by Gasteiger charge is -2.05. The molecular weight excluding hydrogens is 373 g/mol. The Balaban J connectivity index is 1.74. The van der Waals surface area contributed by atoms with Crippen LogP contribution in [0.2, 0.25) is 10.0 Å². The lowest BCUT2D eigenvalue weighted by molar-refractivity contribution is -0.111. The van der Waals surface area contributed by atoms with Gasteiger partial charge >= 0.3 is 0 Å². The number of H-pyrrole nitrogens is 1. The number of benzene rings is 2. The van der Waals surface area contributed by atoms with Gasteiger partial charge < -0.3 is 5.32 Å². The summed E-state index contributed by atoms with van der Waals surface area (Å²) >= 11 is 12.0. The van der Waals surface area contributed by atoms with Crippen LogP contribution in [-0.2, 0) is 4.79 Å². The molecule has 1 aromatic heterocycles. The largest absolute Gasteiger partial charge is 0.322 e. The van der Waals surface area contributed by atoms with Crippen LogP contribution in [0.4, 0.5) is 5.69 Å². The Morgan fingerprint density at radius 3 is 2.69 bits per heavy atom. The van der Waals surface area contributed by atoms with Gasteiger partial charge in [-0.2, -0.15) is 5.10 Å². The minimum Gasteiger partial charge on any atom is -0.322 e. The van der Waals surface area contributed by atoms with Crippen molar-refractivity contribution in [2.45, 2.75) is 0 Å². The maximum atomic E-state index is 12.1. The van der Waals surface area contributed by atoms with Gasteiger partial charge in [-0.3, -0.25) is 9.59 Å². The van der Waals surface area contributed by atoms with Crippen LogP contribution in [0, 0.1) is 0 Å². The second-order valence-corrected chi connectivity index (χ2v) is 6.22. The van der Waals surface area contributed by atoms with Crippen molar-refractivity contribution in [1.82, 2.24) is 10.2 Å². The predicted octanol–water partition coefficient (Wildman–Crippen LogP) is 4.40. The number of nitrogens with zero attached hydrogens (tertiary/aromatic N) is 1. The molecule has 0 unspecified atom stereocenters. The molecular formula is C19H13Cl2N3O2. The van der Waals surface area contributed by atoms with Gasteiger partial charge in [0.2, 0.25) is 5.91 Å². The molecule has 2 N–H and O–H groups in total. The Morgan fingerprint density at radius 2 is 1.92 bits per heavy atom. The van der Waals surface area contributed by atoms with E-state index in [4.69, 9.17) is 23.2 Å². The summed E-state index contributed by atoms with van der Waals surface area (Å²) in [6.45, 7) is 0. The fourth-order valence-corrected chi connectivity index (χ4v) is 2.61. The fraction of sp³-hybridized carbons (Fsp3) is 0. The number of hydrogen-bond donors (Lipinski definition) is 2. The van der Waals surface area contributed by atoms with Crippen molar-refractivity contribution in [3.05, 3.63) is 86.6 Å². The number of nitrogens with one attached hydrogen (secondary N) is 2. The van der Waals surface area contributed by atoms with Crippen LogP contribution >= 0.6 is 23.2 Å². The van der Waals surface area contributed by atoms with E-state index in [1.165, 1.54) is 12.1 Å². The summed E-state index contributed by atoms with van der Waals surface area (Å²) in [4.78, 5) is 23.2. The highest BCUT2D eigenvalue weighted by Crippen LogP contribution is 2.22. The number of aromatic amines is 1. The predicted molar refractivity (Wildman–Crippen MR) is 104 cm³/mol. The monoisotopic (exact) mass is 385 g/mol. The first kappa shape index (κ1) is 17.9. The first-order valence-electron chi connectivity index (χ1n) is 7.61. The van der Waals surface area contributed by atoms with Gasteiger partial charge in [0, 0.05) is 33.4 Å². The van der Waals surface area contributed by atoms with E-state index in [9.17, 15) is 9.59 Å². The van der Waals surface area contributed by atoms with Gasteiger partial charge in [-0.25, -0.2) is 5.10 Å². The van der Waals surface area contributed by atoms with Crippen LogP contribution in [0.5, 0.6) is 0 Å². The lowest BCUT2D eigenvalue weighted by Crippen LogP contribution is -2.08. The van der Waals surface area contributed by atoms with Crippen molar-refractivity contribution >= 4 is 40.9 Å². The average Bonchev–Trinajstić information content (AvgIpc) is 2.63. The fourth-order valence-electron chi connectivity index (χ4n) is 2.25. The number of hydrogen-bond acceptors (Lipinski definition) is 3. The van der Waals surface area contributed by atoms with Crippen molar-refractivity contribution in [1.29, 1.82) is 0 Å². The molecule has 0 atom stereocenters. The topological polar surface area (TPSA) is 74.8 Å². The van der Waals surface area contributed by atoms with E-state index in [0.717, 1.165) is 5.56 Å². The molecule has 2 aromatic carbocycles. The van der Waals surface area contributed by atoms with Gasteiger partial charge in [0.25, 0.3) is 5.56 Å². The van der Waals surface area contributed by atoms with E-state index in [2.05, 4.69) is 15.5 Å². The summed E-state index contributed by atoms with van der Waals surface area (Å²) in [6.07, 6.45) is 2.97. The molecule has 7 heteroatoms. The Morgan fingerprint density at radius 1 is 1.08 bits per heavy atom. The second-order valence-electron chi connectivity index (χ2n) is 5.38. The van der Waals surface area contributed by atoms with E-state index in [-0.39, 0.29) is 11.5 Å². The molecule has 0 bridgehead atoms. The molecule has 3 aromatic rings. The van der Waals surface area contributed by atoms with E-state index in [0.29, 0.717) is 27.0 Å². The summed E-state index contributed by atoms with van der Waals surface area (Å²) in [5.41, 5.74) is 2.34. The molecule has 0 spiro atoms. The highest BCUT2D eigenvalue weighted by molar-refractivity contribution is 6.34. The molecule has 0 fully saturated rings. The van der Waals surface area contributed by atoms with E-state index < -0.39 is 0 Å². The van der Waals surface area contributed by atoms with Gasteiger partial charge in [-0.05, 0) is 48.0 Å². The Labute approximate surface area is 159 Å². The summed E-state index contributed by atoms with van der Waals surface area (Å²) in [6, 6.07) is 15.2. The first-order chi connectivity index (χ1) is 12.5.